The molecule has 3 aromatic rings. The van der Waals surface area contributed by atoms with Gasteiger partial charge in [-0.3, -0.25) is 14.5 Å². The van der Waals surface area contributed by atoms with E-state index >= 15 is 0 Å². The van der Waals surface area contributed by atoms with Crippen molar-refractivity contribution >= 4 is 41.0 Å². The number of carboxylic acids is 1. The van der Waals surface area contributed by atoms with Crippen LogP contribution >= 0.6 is 0 Å². The van der Waals surface area contributed by atoms with Gasteiger partial charge < -0.3 is 14.7 Å². The van der Waals surface area contributed by atoms with Gasteiger partial charge in [0.15, 0.2) is 5.76 Å². The number of hydrogen-bond acceptors (Lipinski definition) is 5. The molecule has 0 unspecified atom stereocenters. The van der Waals surface area contributed by atoms with Gasteiger partial charge in [0.2, 0.25) is 0 Å². The van der Waals surface area contributed by atoms with Crippen molar-refractivity contribution in [2.45, 2.75) is 27.2 Å². The van der Waals surface area contributed by atoms with Gasteiger partial charge in [0.25, 0.3) is 5.91 Å². The first-order chi connectivity index (χ1) is 19.8. The van der Waals surface area contributed by atoms with Gasteiger partial charge >= 0.3 is 12.0 Å². The molecule has 0 radical (unpaired) electrons. The molecule has 3 aromatic carbocycles. The summed E-state index contributed by atoms with van der Waals surface area (Å²) in [6.45, 7) is 5.84. The Hall–Kier alpha value is -5.35. The molecule has 0 atom stereocenters. The Morgan fingerprint density at radius 3 is 2.34 bits per heavy atom. The molecule has 1 amide bonds. The molecule has 1 heterocycles. The summed E-state index contributed by atoms with van der Waals surface area (Å²) in [7, 11) is 0. The van der Waals surface area contributed by atoms with E-state index in [0.29, 0.717) is 5.69 Å². The predicted octanol–water partition coefficient (Wildman–Crippen LogP) is 6.88. The molecular weight excluding hydrogens is 514 g/mol. The molecule has 7 heteroatoms. The Bertz CT molecular complexity index is 1680. The van der Waals surface area contributed by atoms with Crippen molar-refractivity contribution in [3.63, 3.8) is 0 Å². The maximum Gasteiger partial charge on any atom is 0.305 e. The van der Waals surface area contributed by atoms with E-state index in [1.54, 1.807) is 12.2 Å². The molecule has 41 heavy (non-hydrogen) atoms. The molecule has 0 aromatic heterocycles. The fourth-order valence-electron chi connectivity index (χ4n) is 4.79. The number of carbonyl (C=O) groups is 2. The highest BCUT2D eigenvalue weighted by Crippen LogP contribution is 2.32. The number of para-hydroxylation sites is 1. The van der Waals surface area contributed by atoms with Crippen LogP contribution in [0.3, 0.4) is 0 Å². The van der Waals surface area contributed by atoms with Crippen LogP contribution in [-0.2, 0) is 14.3 Å². The third kappa shape index (κ3) is 6.13. The average Bonchev–Trinajstić information content (AvgIpc) is 3.25. The van der Waals surface area contributed by atoms with E-state index in [0.717, 1.165) is 39.3 Å². The van der Waals surface area contributed by atoms with Gasteiger partial charge in [0, 0.05) is 17.9 Å². The Labute approximate surface area is 239 Å². The normalized spacial score (nSPS) is 15.9. The molecule has 0 spiro atoms. The van der Waals surface area contributed by atoms with Crippen molar-refractivity contribution in [1.29, 1.82) is 0 Å². The van der Waals surface area contributed by atoms with Crippen LogP contribution in [-0.4, -0.2) is 34.4 Å². The van der Waals surface area contributed by atoms with Crippen molar-refractivity contribution in [2.24, 2.45) is 4.99 Å². The first-order valence-electron chi connectivity index (χ1n) is 13.2. The van der Waals surface area contributed by atoms with Gasteiger partial charge in [-0.15, -0.1) is 0 Å². The number of allylic oxidation sites excluding steroid dienone is 3. The lowest BCUT2D eigenvalue weighted by atomic mass is 10.1. The Morgan fingerprint density at radius 2 is 1.71 bits per heavy atom. The highest BCUT2D eigenvalue weighted by Gasteiger charge is 2.35. The number of carboxylic acid groups (broad SMARTS) is 1. The summed E-state index contributed by atoms with van der Waals surface area (Å²) in [6.07, 6.45) is 7.10. The number of amides is 1. The van der Waals surface area contributed by atoms with Crippen molar-refractivity contribution in [3.05, 3.63) is 130 Å². The third-order valence-electron chi connectivity index (χ3n) is 6.62. The molecule has 7 nitrogen and oxygen atoms in total. The summed E-state index contributed by atoms with van der Waals surface area (Å²) < 4.78 is 5.96. The zero-order valence-corrected chi connectivity index (χ0v) is 23.1. The second kappa shape index (κ2) is 11.8. The van der Waals surface area contributed by atoms with Crippen molar-refractivity contribution in [1.82, 2.24) is 4.90 Å². The lowest BCUT2D eigenvalue weighted by molar-refractivity contribution is -0.137. The fourth-order valence-corrected chi connectivity index (χ4v) is 4.79. The molecule has 0 saturated carbocycles. The number of carbonyl (C=O) groups excluding carboxylic acids is 1. The number of rotatable bonds is 8. The number of anilines is 2. The number of amidine groups is 1. The van der Waals surface area contributed by atoms with E-state index in [1.807, 2.05) is 99.7 Å². The van der Waals surface area contributed by atoms with Crippen LogP contribution in [0.25, 0.3) is 6.08 Å². The summed E-state index contributed by atoms with van der Waals surface area (Å²) in [5, 5.41) is 9.25. The number of aryl methyl sites for hydroxylation is 3. The summed E-state index contributed by atoms with van der Waals surface area (Å²) in [6, 6.07) is 21.7. The molecule has 1 saturated heterocycles. The molecule has 0 bridgehead atoms. The van der Waals surface area contributed by atoms with Gasteiger partial charge in [0.05, 0.1) is 17.8 Å². The van der Waals surface area contributed by atoms with E-state index < -0.39 is 11.9 Å². The van der Waals surface area contributed by atoms with Crippen LogP contribution in [0.15, 0.2) is 113 Å². The topological polar surface area (TPSA) is 82.4 Å². The minimum atomic E-state index is -1.01. The Balaban J connectivity index is 1.47. The maximum atomic E-state index is 13.3. The largest absolute Gasteiger partial charge is 0.481 e. The summed E-state index contributed by atoms with van der Waals surface area (Å²) in [4.78, 5) is 32.6. The van der Waals surface area contributed by atoms with Crippen LogP contribution in [0.5, 0.6) is 0 Å². The predicted molar refractivity (Wildman–Crippen MR) is 160 cm³/mol. The Kier molecular flexibility index (Phi) is 7.84. The summed E-state index contributed by atoms with van der Waals surface area (Å²) >= 11 is 0. The highest BCUT2D eigenvalue weighted by molar-refractivity contribution is 6.12. The standard InChI is InChI=1S/C34H29N3O4/c1-23-20-24(2)32(25(3)21-23)35-34-36(19-18-31(38)39)33(40)30(41-34)22-26-14-16-29(17-15-26)37(27-10-6-4-7-11-27)28-12-8-5-9-13-28/h4-8,10-12,14-17,20-22H,18-19H2,1-3H3,(H,38,39)/b30-22+,35-34?. The first kappa shape index (κ1) is 27.2. The smallest absolute Gasteiger partial charge is 0.305 e. The second-order valence-electron chi connectivity index (χ2n) is 9.80. The van der Waals surface area contributed by atoms with Gasteiger partial charge in [-0.1, -0.05) is 59.8 Å². The van der Waals surface area contributed by atoms with Crippen LogP contribution in [0.1, 0.15) is 28.7 Å². The van der Waals surface area contributed by atoms with E-state index in [9.17, 15) is 14.7 Å². The first-order valence-corrected chi connectivity index (χ1v) is 13.2. The van der Waals surface area contributed by atoms with Gasteiger partial charge in [-0.05, 0) is 85.7 Å². The lowest BCUT2D eigenvalue weighted by Crippen LogP contribution is -2.32. The van der Waals surface area contributed by atoms with Gasteiger partial charge in [0.1, 0.15) is 0 Å². The summed E-state index contributed by atoms with van der Waals surface area (Å²) in [5.74, 6) is -1.36. The number of aliphatic imine (C=N–C) groups is 1. The number of benzene rings is 3. The van der Waals surface area contributed by atoms with Crippen molar-refractivity contribution < 1.29 is 19.4 Å². The van der Waals surface area contributed by atoms with E-state index in [2.05, 4.69) is 21.4 Å². The molecule has 1 N–H and O–H groups in total. The highest BCUT2D eigenvalue weighted by atomic mass is 16.5. The number of nitrogens with zero attached hydrogens (tertiary/aromatic N) is 3. The minimum Gasteiger partial charge on any atom is -0.481 e. The summed E-state index contributed by atoms with van der Waals surface area (Å²) in [5.41, 5.74) is 13.3. The fraction of sp³-hybridized carbons (Fsp3) is 0.147. The average molecular weight is 544 g/mol. The quantitative estimate of drug-likeness (QED) is 0.248. The van der Waals surface area contributed by atoms with Crippen LogP contribution < -0.4 is 4.90 Å². The van der Waals surface area contributed by atoms with Crippen molar-refractivity contribution in [2.75, 3.05) is 11.4 Å². The third-order valence-corrected chi connectivity index (χ3v) is 6.62. The zero-order chi connectivity index (χ0) is 28.9. The van der Waals surface area contributed by atoms with E-state index in [4.69, 9.17) is 4.74 Å². The second-order valence-corrected chi connectivity index (χ2v) is 9.80. The molecule has 1 fully saturated rings. The van der Waals surface area contributed by atoms with Crippen molar-refractivity contribution in [3.8, 4) is 0 Å². The lowest BCUT2D eigenvalue weighted by Gasteiger charge is -2.25. The Morgan fingerprint density at radius 1 is 1.02 bits per heavy atom. The van der Waals surface area contributed by atoms with Crippen LogP contribution in [0.4, 0.5) is 17.1 Å². The monoisotopic (exact) mass is 543 g/mol. The SMILES string of the molecule is Cc1cc(C)c(N=C2O/C(=C/c3ccc(N(C4=C=C=CC=C4)c4ccccc4)cc3)C(=O)N2CCC(=O)O)c(C)c1. The molecule has 1 aliphatic heterocycles. The maximum absolute atomic E-state index is 13.3. The number of aliphatic carboxylic acids is 1. The van der Waals surface area contributed by atoms with E-state index in [1.165, 1.54) is 4.90 Å². The van der Waals surface area contributed by atoms with E-state index in [-0.39, 0.29) is 24.7 Å². The number of ether oxygens (including phenoxy) is 1. The van der Waals surface area contributed by atoms with Crippen LogP contribution in [0, 0.1) is 20.8 Å². The number of hydrogen-bond donors (Lipinski definition) is 1. The minimum absolute atomic E-state index is 0.0517. The molecule has 1 aliphatic carbocycles. The van der Waals surface area contributed by atoms with Gasteiger partial charge in [-0.2, -0.15) is 4.99 Å². The van der Waals surface area contributed by atoms with Gasteiger partial charge in [-0.25, -0.2) is 0 Å². The molecule has 5 rings (SSSR count). The molecule has 204 valence electrons. The zero-order valence-electron chi connectivity index (χ0n) is 23.1. The molecule has 2 aliphatic rings. The molecular formula is C34H29N3O4. The van der Waals surface area contributed by atoms with Crippen LogP contribution in [0.2, 0.25) is 0 Å².